The maximum absolute atomic E-state index is 13.7. The van der Waals surface area contributed by atoms with Gasteiger partial charge in [0.2, 0.25) is 0 Å². The maximum atomic E-state index is 13.7. The van der Waals surface area contributed by atoms with Gasteiger partial charge in [0.1, 0.15) is 16.3 Å². The topological polar surface area (TPSA) is 60.3 Å². The summed E-state index contributed by atoms with van der Waals surface area (Å²) in [7, 11) is 1.37. The fourth-order valence-corrected chi connectivity index (χ4v) is 5.54. The van der Waals surface area contributed by atoms with Gasteiger partial charge in [-0.1, -0.05) is 61.4 Å². The van der Waals surface area contributed by atoms with E-state index in [0.717, 1.165) is 57.4 Å². The van der Waals surface area contributed by atoms with Gasteiger partial charge in [0, 0.05) is 27.9 Å². The molecule has 0 aliphatic carbocycles. The number of rotatable bonds is 7. The van der Waals surface area contributed by atoms with Gasteiger partial charge in [-0.15, -0.1) is 11.3 Å². The number of hydrogen-bond acceptors (Lipinski definition) is 4. The number of thiophene rings is 1. The van der Waals surface area contributed by atoms with Gasteiger partial charge >= 0.3 is 5.97 Å². The summed E-state index contributed by atoms with van der Waals surface area (Å²) in [4.78, 5) is 27.5. The summed E-state index contributed by atoms with van der Waals surface area (Å²) in [5.41, 5.74) is 5.89. The third-order valence-corrected chi connectivity index (χ3v) is 7.24. The molecule has 0 spiro atoms. The van der Waals surface area contributed by atoms with Crippen molar-refractivity contribution in [1.82, 2.24) is 4.57 Å². The highest BCUT2D eigenvalue weighted by Crippen LogP contribution is 2.41. The number of anilines is 1. The number of hydrogen-bond donors (Lipinski definition) is 1. The summed E-state index contributed by atoms with van der Waals surface area (Å²) < 4.78 is 7.22. The van der Waals surface area contributed by atoms with Gasteiger partial charge in [0.15, 0.2) is 0 Å². The van der Waals surface area contributed by atoms with Gasteiger partial charge in [-0.25, -0.2) is 4.79 Å². The Bertz CT molecular complexity index is 1360. The molecule has 4 aromatic rings. The maximum Gasteiger partial charge on any atom is 0.341 e. The average molecular weight is 475 g/mol. The SMILES string of the molecule is CCCCn1c(C(=O)Nc2sc(C)c(-c3ccc(C)cc3)c2C(=O)OC)c(C)c2ccccc21. The molecule has 2 aromatic carbocycles. The molecule has 0 aliphatic rings. The minimum absolute atomic E-state index is 0.216. The van der Waals surface area contributed by atoms with E-state index in [1.54, 1.807) is 0 Å². The zero-order chi connectivity index (χ0) is 24.4. The number of fused-ring (bicyclic) bond motifs is 1. The van der Waals surface area contributed by atoms with Crippen LogP contribution in [0.2, 0.25) is 0 Å². The zero-order valence-electron chi connectivity index (χ0n) is 20.3. The largest absolute Gasteiger partial charge is 0.465 e. The van der Waals surface area contributed by atoms with Gasteiger partial charge in [-0.3, -0.25) is 4.79 Å². The summed E-state index contributed by atoms with van der Waals surface area (Å²) in [5, 5.41) is 4.64. The van der Waals surface area contributed by atoms with E-state index in [2.05, 4.69) is 28.9 Å². The van der Waals surface area contributed by atoms with Crippen LogP contribution in [-0.4, -0.2) is 23.6 Å². The molecule has 2 aromatic heterocycles. The normalized spacial score (nSPS) is 11.1. The van der Waals surface area contributed by atoms with Crippen LogP contribution in [-0.2, 0) is 11.3 Å². The Hall–Kier alpha value is -3.38. The summed E-state index contributed by atoms with van der Waals surface area (Å²) in [5.74, 6) is -0.676. The minimum Gasteiger partial charge on any atom is -0.465 e. The lowest BCUT2D eigenvalue weighted by atomic mass is 10.0. The van der Waals surface area contributed by atoms with Crippen LogP contribution in [0.15, 0.2) is 48.5 Å². The molecule has 4 rings (SSSR count). The Morgan fingerprint density at radius 2 is 1.74 bits per heavy atom. The lowest BCUT2D eigenvalue weighted by Crippen LogP contribution is -2.19. The van der Waals surface area contributed by atoms with E-state index in [4.69, 9.17) is 4.74 Å². The lowest BCUT2D eigenvalue weighted by molar-refractivity contribution is 0.0603. The molecule has 0 bridgehead atoms. The molecule has 0 saturated heterocycles. The van der Waals surface area contributed by atoms with E-state index in [1.165, 1.54) is 18.4 Å². The van der Waals surface area contributed by atoms with E-state index in [-0.39, 0.29) is 5.91 Å². The highest BCUT2D eigenvalue weighted by Gasteiger charge is 2.27. The van der Waals surface area contributed by atoms with Crippen LogP contribution < -0.4 is 5.32 Å². The number of benzene rings is 2. The number of methoxy groups -OCH3 is 1. The smallest absolute Gasteiger partial charge is 0.341 e. The Balaban J connectivity index is 1.81. The van der Waals surface area contributed by atoms with Crippen molar-refractivity contribution in [2.45, 2.75) is 47.1 Å². The van der Waals surface area contributed by atoms with E-state index in [1.807, 2.05) is 57.2 Å². The number of carbonyl (C=O) groups excluding carboxylic acids is 2. The number of carbonyl (C=O) groups is 2. The van der Waals surface area contributed by atoms with Gasteiger partial charge in [0.05, 0.1) is 7.11 Å². The van der Waals surface area contributed by atoms with E-state index >= 15 is 0 Å². The summed E-state index contributed by atoms with van der Waals surface area (Å²) in [6.07, 6.45) is 2.00. The number of para-hydroxylation sites is 1. The van der Waals surface area contributed by atoms with Crippen LogP contribution in [0.1, 0.15) is 56.6 Å². The summed E-state index contributed by atoms with van der Waals surface area (Å²) >= 11 is 1.40. The van der Waals surface area contributed by atoms with Crippen LogP contribution in [0.25, 0.3) is 22.0 Å². The first-order valence-corrected chi connectivity index (χ1v) is 12.4. The quantitative estimate of drug-likeness (QED) is 0.290. The summed E-state index contributed by atoms with van der Waals surface area (Å²) in [6, 6.07) is 16.1. The first-order valence-electron chi connectivity index (χ1n) is 11.5. The highest BCUT2D eigenvalue weighted by molar-refractivity contribution is 7.17. The zero-order valence-corrected chi connectivity index (χ0v) is 21.1. The van der Waals surface area contributed by atoms with Gasteiger partial charge in [-0.05, 0) is 44.4 Å². The fourth-order valence-electron chi connectivity index (χ4n) is 4.48. The molecular formula is C28H30N2O3S. The summed E-state index contributed by atoms with van der Waals surface area (Å²) in [6.45, 7) is 8.87. The number of amides is 1. The first-order chi connectivity index (χ1) is 16.4. The van der Waals surface area contributed by atoms with Crippen molar-refractivity contribution in [3.05, 3.63) is 75.8 Å². The molecule has 5 nitrogen and oxygen atoms in total. The molecule has 0 unspecified atom stereocenters. The molecule has 34 heavy (non-hydrogen) atoms. The molecule has 176 valence electrons. The molecule has 0 atom stereocenters. The number of aryl methyl sites for hydroxylation is 4. The molecular weight excluding hydrogens is 444 g/mol. The van der Waals surface area contributed by atoms with Crippen molar-refractivity contribution in [2.24, 2.45) is 0 Å². The van der Waals surface area contributed by atoms with Crippen molar-refractivity contribution >= 4 is 39.1 Å². The van der Waals surface area contributed by atoms with Crippen molar-refractivity contribution in [3.63, 3.8) is 0 Å². The highest BCUT2D eigenvalue weighted by atomic mass is 32.1. The number of aromatic nitrogens is 1. The second-order valence-electron chi connectivity index (χ2n) is 8.55. The second-order valence-corrected chi connectivity index (χ2v) is 9.77. The van der Waals surface area contributed by atoms with Crippen LogP contribution in [0.5, 0.6) is 0 Å². The van der Waals surface area contributed by atoms with E-state index < -0.39 is 5.97 Å². The third-order valence-electron chi connectivity index (χ3n) is 6.22. The Labute approximate surface area is 204 Å². The molecule has 0 aliphatic heterocycles. The number of nitrogens with zero attached hydrogens (tertiary/aromatic N) is 1. The lowest BCUT2D eigenvalue weighted by Gasteiger charge is -2.12. The van der Waals surface area contributed by atoms with E-state index in [9.17, 15) is 9.59 Å². The number of ether oxygens (including phenoxy) is 1. The first kappa shape index (κ1) is 23.8. The van der Waals surface area contributed by atoms with E-state index in [0.29, 0.717) is 16.3 Å². The van der Waals surface area contributed by atoms with Crippen LogP contribution >= 0.6 is 11.3 Å². The van der Waals surface area contributed by atoms with Gasteiger partial charge in [-0.2, -0.15) is 0 Å². The Morgan fingerprint density at radius 3 is 2.41 bits per heavy atom. The van der Waals surface area contributed by atoms with Gasteiger partial charge in [0.25, 0.3) is 5.91 Å². The molecule has 0 saturated carbocycles. The standard InChI is InChI=1S/C28H30N2O3S/c1-6-7-16-30-22-11-9-8-10-21(22)18(3)25(30)26(31)29-27-24(28(32)33-5)23(19(4)34-27)20-14-12-17(2)13-15-20/h8-15H,6-7,16H2,1-5H3,(H,29,31). The van der Waals surface area contributed by atoms with Crippen molar-refractivity contribution in [2.75, 3.05) is 12.4 Å². The molecule has 2 heterocycles. The van der Waals surface area contributed by atoms with Gasteiger partial charge < -0.3 is 14.6 Å². The molecule has 0 radical (unpaired) electrons. The molecule has 6 heteroatoms. The number of nitrogens with one attached hydrogen (secondary N) is 1. The van der Waals surface area contributed by atoms with Crippen molar-refractivity contribution in [3.8, 4) is 11.1 Å². The third kappa shape index (κ3) is 4.26. The Morgan fingerprint density at radius 1 is 1.03 bits per heavy atom. The minimum atomic E-state index is -0.460. The number of unbranched alkanes of at least 4 members (excludes halogenated alkanes) is 1. The average Bonchev–Trinajstić information content (AvgIpc) is 3.31. The monoisotopic (exact) mass is 474 g/mol. The second kappa shape index (κ2) is 9.85. The predicted octanol–water partition coefficient (Wildman–Crippen LogP) is 7.13. The van der Waals surface area contributed by atoms with Crippen LogP contribution in [0.4, 0.5) is 5.00 Å². The molecule has 1 amide bonds. The van der Waals surface area contributed by atoms with Crippen molar-refractivity contribution < 1.29 is 14.3 Å². The van der Waals surface area contributed by atoms with Crippen LogP contribution in [0, 0.1) is 20.8 Å². The van der Waals surface area contributed by atoms with Crippen molar-refractivity contribution in [1.29, 1.82) is 0 Å². The molecule has 0 fully saturated rings. The fraction of sp³-hybridized carbons (Fsp3) is 0.286. The van der Waals surface area contributed by atoms with Crippen LogP contribution in [0.3, 0.4) is 0 Å². The molecule has 1 N–H and O–H groups in total. The number of esters is 1. The Kier molecular flexibility index (Phi) is 6.89. The predicted molar refractivity (Wildman–Crippen MR) is 140 cm³/mol.